The molecule has 0 saturated carbocycles. The second-order valence-corrected chi connectivity index (χ2v) is 6.72. The molecule has 0 aliphatic rings. The zero-order valence-electron chi connectivity index (χ0n) is 15.4. The van der Waals surface area contributed by atoms with Gasteiger partial charge >= 0.3 is 0 Å². The predicted molar refractivity (Wildman–Crippen MR) is 108 cm³/mol. The molecule has 1 heterocycles. The minimum Gasteiger partial charge on any atom is -0.489 e. The molecule has 0 aliphatic carbocycles. The lowest BCUT2D eigenvalue weighted by Crippen LogP contribution is -2.05. The van der Waals surface area contributed by atoms with Gasteiger partial charge in [-0.3, -0.25) is 4.79 Å². The van der Waals surface area contributed by atoms with Crippen molar-refractivity contribution in [2.24, 2.45) is 0 Å². The van der Waals surface area contributed by atoms with Gasteiger partial charge in [-0.2, -0.15) is 0 Å². The molecule has 0 radical (unpaired) electrons. The summed E-state index contributed by atoms with van der Waals surface area (Å²) in [6.07, 6.45) is 1.52. The van der Waals surface area contributed by atoms with Crippen molar-refractivity contribution in [2.45, 2.75) is 20.5 Å². The van der Waals surface area contributed by atoms with Crippen molar-refractivity contribution in [1.82, 2.24) is 0 Å². The highest BCUT2D eigenvalue weighted by molar-refractivity contribution is 5.82. The summed E-state index contributed by atoms with van der Waals surface area (Å²) in [6.45, 7) is 4.62. The van der Waals surface area contributed by atoms with Gasteiger partial charge < -0.3 is 9.15 Å². The third-order valence-corrected chi connectivity index (χ3v) is 4.73. The van der Waals surface area contributed by atoms with Crippen LogP contribution in [0.4, 0.5) is 0 Å². The Bertz CT molecular complexity index is 1160. The van der Waals surface area contributed by atoms with Gasteiger partial charge in [-0.25, -0.2) is 0 Å². The topological polar surface area (TPSA) is 39.4 Å². The summed E-state index contributed by atoms with van der Waals surface area (Å²) in [6, 6.07) is 21.2. The lowest BCUT2D eigenvalue weighted by molar-refractivity contribution is 0.305. The minimum atomic E-state index is -0.0384. The van der Waals surface area contributed by atoms with E-state index < -0.39 is 0 Å². The number of ether oxygens (including phenoxy) is 1. The molecule has 0 bridgehead atoms. The Morgan fingerprint density at radius 1 is 0.926 bits per heavy atom. The third-order valence-electron chi connectivity index (χ3n) is 4.73. The zero-order chi connectivity index (χ0) is 18.8. The van der Waals surface area contributed by atoms with Crippen LogP contribution in [0.5, 0.6) is 5.75 Å². The maximum Gasteiger partial charge on any atom is 0.200 e. The lowest BCUT2D eigenvalue weighted by atomic mass is 10.1. The van der Waals surface area contributed by atoms with E-state index in [1.165, 1.54) is 17.4 Å². The van der Waals surface area contributed by atoms with Crippen molar-refractivity contribution in [3.05, 3.63) is 99.9 Å². The van der Waals surface area contributed by atoms with Gasteiger partial charge in [0, 0.05) is 6.07 Å². The fourth-order valence-electron chi connectivity index (χ4n) is 3.13. The Morgan fingerprint density at radius 3 is 2.56 bits per heavy atom. The first-order valence-electron chi connectivity index (χ1n) is 8.92. The van der Waals surface area contributed by atoms with Gasteiger partial charge in [0.25, 0.3) is 0 Å². The first-order valence-corrected chi connectivity index (χ1v) is 8.92. The first-order chi connectivity index (χ1) is 13.1. The van der Waals surface area contributed by atoms with Crippen LogP contribution in [0.2, 0.25) is 0 Å². The van der Waals surface area contributed by atoms with Crippen molar-refractivity contribution in [3.63, 3.8) is 0 Å². The van der Waals surface area contributed by atoms with Crippen LogP contribution in [0, 0.1) is 13.8 Å². The largest absolute Gasteiger partial charge is 0.489 e. The van der Waals surface area contributed by atoms with E-state index in [0.29, 0.717) is 28.9 Å². The van der Waals surface area contributed by atoms with Crippen molar-refractivity contribution >= 4 is 11.0 Å². The van der Waals surface area contributed by atoms with Gasteiger partial charge in [0.15, 0.2) is 5.43 Å². The monoisotopic (exact) mass is 356 g/mol. The van der Waals surface area contributed by atoms with Crippen molar-refractivity contribution in [3.8, 4) is 16.9 Å². The van der Waals surface area contributed by atoms with Gasteiger partial charge in [-0.15, -0.1) is 0 Å². The van der Waals surface area contributed by atoms with Gasteiger partial charge in [0.05, 0.1) is 10.9 Å². The Morgan fingerprint density at radius 2 is 1.74 bits per heavy atom. The van der Waals surface area contributed by atoms with E-state index in [4.69, 9.17) is 9.15 Å². The van der Waals surface area contributed by atoms with E-state index >= 15 is 0 Å². The highest BCUT2D eigenvalue weighted by Crippen LogP contribution is 2.24. The Balaban J connectivity index is 1.63. The summed E-state index contributed by atoms with van der Waals surface area (Å²) in [4.78, 5) is 12.8. The number of hydrogen-bond acceptors (Lipinski definition) is 3. The Kier molecular flexibility index (Phi) is 4.51. The van der Waals surface area contributed by atoms with E-state index in [1.54, 1.807) is 12.1 Å². The SMILES string of the molecule is Cc1ccc(C)c(COc2ccc3c(=O)c(-c4ccccc4)coc3c2)c1. The molecular formula is C24H20O3. The van der Waals surface area contributed by atoms with Crippen LogP contribution in [-0.4, -0.2) is 0 Å². The van der Waals surface area contributed by atoms with Crippen LogP contribution in [0.1, 0.15) is 16.7 Å². The second kappa shape index (κ2) is 7.12. The molecule has 27 heavy (non-hydrogen) atoms. The van der Waals surface area contributed by atoms with Crippen LogP contribution in [-0.2, 0) is 6.61 Å². The first kappa shape index (κ1) is 17.1. The molecule has 3 aromatic carbocycles. The van der Waals surface area contributed by atoms with E-state index in [9.17, 15) is 4.79 Å². The normalized spacial score (nSPS) is 10.9. The van der Waals surface area contributed by atoms with Crippen LogP contribution in [0.25, 0.3) is 22.1 Å². The molecule has 4 aromatic rings. The number of hydrogen-bond donors (Lipinski definition) is 0. The highest BCUT2D eigenvalue weighted by Gasteiger charge is 2.10. The Hall–Kier alpha value is -3.33. The van der Waals surface area contributed by atoms with Crippen LogP contribution in [0.3, 0.4) is 0 Å². The summed E-state index contributed by atoms with van der Waals surface area (Å²) >= 11 is 0. The quantitative estimate of drug-likeness (QED) is 0.474. The molecule has 134 valence electrons. The molecule has 0 spiro atoms. The molecule has 0 atom stereocenters. The molecule has 4 rings (SSSR count). The summed E-state index contributed by atoms with van der Waals surface area (Å²) in [5.41, 5.74) is 5.45. The molecule has 0 fully saturated rings. The van der Waals surface area contributed by atoms with Gasteiger partial charge in [-0.1, -0.05) is 54.1 Å². The second-order valence-electron chi connectivity index (χ2n) is 6.72. The van der Waals surface area contributed by atoms with Gasteiger partial charge in [0.2, 0.25) is 0 Å². The third kappa shape index (κ3) is 3.49. The summed E-state index contributed by atoms with van der Waals surface area (Å²) < 4.78 is 11.7. The molecule has 0 unspecified atom stereocenters. The summed E-state index contributed by atoms with van der Waals surface area (Å²) in [5.74, 6) is 0.680. The number of benzene rings is 3. The summed E-state index contributed by atoms with van der Waals surface area (Å²) in [5, 5.41) is 0.551. The van der Waals surface area contributed by atoms with Crippen LogP contribution in [0.15, 0.2) is 82.2 Å². The predicted octanol–water partition coefficient (Wildman–Crippen LogP) is 5.66. The average Bonchev–Trinajstić information content (AvgIpc) is 2.69. The van der Waals surface area contributed by atoms with E-state index in [-0.39, 0.29) is 5.43 Å². The van der Waals surface area contributed by atoms with Crippen molar-refractivity contribution in [1.29, 1.82) is 0 Å². The standard InChI is InChI=1S/C24H20O3/c1-16-8-9-17(2)19(12-16)14-26-20-10-11-21-23(13-20)27-15-22(24(21)25)18-6-4-3-5-7-18/h3-13,15H,14H2,1-2H3. The molecule has 0 saturated heterocycles. The number of fused-ring (bicyclic) bond motifs is 1. The minimum absolute atomic E-state index is 0.0384. The fourth-order valence-corrected chi connectivity index (χ4v) is 3.13. The van der Waals surface area contributed by atoms with E-state index in [2.05, 4.69) is 32.0 Å². The average molecular weight is 356 g/mol. The maximum atomic E-state index is 12.8. The molecule has 0 N–H and O–H groups in total. The van der Waals surface area contributed by atoms with Crippen LogP contribution < -0.4 is 10.2 Å². The molecular weight excluding hydrogens is 336 g/mol. The van der Waals surface area contributed by atoms with Crippen molar-refractivity contribution < 1.29 is 9.15 Å². The summed E-state index contributed by atoms with van der Waals surface area (Å²) in [7, 11) is 0. The van der Waals surface area contributed by atoms with E-state index in [1.807, 2.05) is 36.4 Å². The molecule has 0 amide bonds. The lowest BCUT2D eigenvalue weighted by Gasteiger charge is -2.10. The molecule has 1 aromatic heterocycles. The van der Waals surface area contributed by atoms with Gasteiger partial charge in [0.1, 0.15) is 24.2 Å². The molecule has 3 heteroatoms. The van der Waals surface area contributed by atoms with E-state index in [0.717, 1.165) is 11.1 Å². The molecule has 3 nitrogen and oxygen atoms in total. The smallest absolute Gasteiger partial charge is 0.200 e. The maximum absolute atomic E-state index is 12.8. The number of aryl methyl sites for hydroxylation is 2. The van der Waals surface area contributed by atoms with Crippen LogP contribution >= 0.6 is 0 Å². The zero-order valence-corrected chi connectivity index (χ0v) is 15.4. The fraction of sp³-hybridized carbons (Fsp3) is 0.125. The van der Waals surface area contributed by atoms with Gasteiger partial charge in [-0.05, 0) is 42.7 Å². The number of rotatable bonds is 4. The van der Waals surface area contributed by atoms with Crippen molar-refractivity contribution in [2.75, 3.05) is 0 Å². The highest BCUT2D eigenvalue weighted by atomic mass is 16.5. The molecule has 0 aliphatic heterocycles. The Labute approximate surface area is 157 Å².